The zero-order valence-electron chi connectivity index (χ0n) is 9.54. The van der Waals surface area contributed by atoms with E-state index in [0.717, 1.165) is 4.31 Å². The van der Waals surface area contributed by atoms with Crippen molar-refractivity contribution in [3.8, 4) is 6.07 Å². The van der Waals surface area contributed by atoms with E-state index in [4.69, 9.17) is 10.4 Å². The van der Waals surface area contributed by atoms with Crippen LogP contribution in [0.25, 0.3) is 0 Å². The van der Waals surface area contributed by atoms with Crippen LogP contribution in [0.4, 0.5) is 0 Å². The van der Waals surface area contributed by atoms with E-state index in [1.807, 2.05) is 0 Å². The summed E-state index contributed by atoms with van der Waals surface area (Å²) in [5, 5.41) is 16.0. The van der Waals surface area contributed by atoms with Crippen molar-refractivity contribution in [3.05, 3.63) is 0 Å². The SMILES string of the molecule is CC(C)CN(CC(=O)O)S(=O)(=O)C(C)C#N. The van der Waals surface area contributed by atoms with Gasteiger partial charge in [0.05, 0.1) is 6.07 Å². The molecule has 0 spiro atoms. The maximum absolute atomic E-state index is 11.8. The Hall–Kier alpha value is -1.13. The minimum absolute atomic E-state index is 0.0000165. The van der Waals surface area contributed by atoms with Crippen LogP contribution in [-0.2, 0) is 14.8 Å². The first-order valence-corrected chi connectivity index (χ1v) is 6.32. The molecule has 0 aromatic rings. The molecule has 0 aromatic carbocycles. The Balaban J connectivity index is 5.03. The van der Waals surface area contributed by atoms with E-state index in [1.54, 1.807) is 19.9 Å². The number of hydrogen-bond donors (Lipinski definition) is 1. The van der Waals surface area contributed by atoms with Gasteiger partial charge in [-0.05, 0) is 12.8 Å². The molecular weight excluding hydrogens is 232 g/mol. The van der Waals surface area contributed by atoms with Crippen LogP contribution in [-0.4, -0.2) is 42.1 Å². The van der Waals surface area contributed by atoms with E-state index in [1.165, 1.54) is 6.92 Å². The Kier molecular flexibility index (Phi) is 5.41. The first kappa shape index (κ1) is 14.9. The fraction of sp³-hybridized carbons (Fsp3) is 0.778. The van der Waals surface area contributed by atoms with Crippen molar-refractivity contribution in [3.63, 3.8) is 0 Å². The van der Waals surface area contributed by atoms with Crippen molar-refractivity contribution in [1.29, 1.82) is 5.26 Å². The van der Waals surface area contributed by atoms with Gasteiger partial charge in [0, 0.05) is 6.54 Å². The van der Waals surface area contributed by atoms with Gasteiger partial charge >= 0.3 is 5.97 Å². The van der Waals surface area contributed by atoms with Gasteiger partial charge in [0.15, 0.2) is 5.25 Å². The van der Waals surface area contributed by atoms with E-state index in [-0.39, 0.29) is 12.5 Å². The zero-order chi connectivity index (χ0) is 12.9. The van der Waals surface area contributed by atoms with Crippen LogP contribution >= 0.6 is 0 Å². The second kappa shape index (κ2) is 5.82. The highest BCUT2D eigenvalue weighted by Crippen LogP contribution is 2.11. The second-order valence-corrected chi connectivity index (χ2v) is 6.15. The van der Waals surface area contributed by atoms with Crippen LogP contribution < -0.4 is 0 Å². The Morgan fingerprint density at radius 1 is 1.44 bits per heavy atom. The molecule has 0 radical (unpaired) electrons. The Morgan fingerprint density at radius 2 is 1.94 bits per heavy atom. The Labute approximate surface area is 95.5 Å². The lowest BCUT2D eigenvalue weighted by Gasteiger charge is -2.23. The molecular formula is C9H16N2O4S. The van der Waals surface area contributed by atoms with Gasteiger partial charge in [-0.25, -0.2) is 8.42 Å². The normalized spacial score (nSPS) is 13.8. The summed E-state index contributed by atoms with van der Waals surface area (Å²) in [7, 11) is -3.85. The van der Waals surface area contributed by atoms with Crippen molar-refractivity contribution in [2.45, 2.75) is 26.0 Å². The number of rotatable bonds is 6. The van der Waals surface area contributed by atoms with Crippen LogP contribution in [0.1, 0.15) is 20.8 Å². The first-order valence-electron chi connectivity index (χ1n) is 4.82. The van der Waals surface area contributed by atoms with Crippen molar-refractivity contribution >= 4 is 16.0 Å². The molecule has 1 atom stereocenters. The van der Waals surface area contributed by atoms with Gasteiger partial charge < -0.3 is 5.11 Å². The summed E-state index contributed by atoms with van der Waals surface area (Å²) >= 11 is 0. The fourth-order valence-electron chi connectivity index (χ4n) is 1.11. The molecule has 0 aromatic heterocycles. The Morgan fingerprint density at radius 3 is 2.25 bits per heavy atom. The molecule has 0 aliphatic heterocycles. The number of carbonyl (C=O) groups is 1. The van der Waals surface area contributed by atoms with Gasteiger partial charge in [-0.3, -0.25) is 4.79 Å². The molecule has 7 heteroatoms. The van der Waals surface area contributed by atoms with Crippen LogP contribution in [0, 0.1) is 17.2 Å². The molecule has 0 amide bonds. The summed E-state index contributed by atoms with van der Waals surface area (Å²) in [5.41, 5.74) is 0. The third-order valence-corrected chi connectivity index (χ3v) is 3.87. The van der Waals surface area contributed by atoms with Gasteiger partial charge in [-0.15, -0.1) is 0 Å². The molecule has 1 unspecified atom stereocenters. The van der Waals surface area contributed by atoms with Crippen LogP contribution in [0.15, 0.2) is 0 Å². The first-order chi connectivity index (χ1) is 7.21. The lowest BCUT2D eigenvalue weighted by atomic mass is 10.2. The molecule has 0 aliphatic carbocycles. The average Bonchev–Trinajstić information content (AvgIpc) is 2.13. The number of carboxylic acid groups (broad SMARTS) is 1. The largest absolute Gasteiger partial charge is 0.480 e. The number of nitriles is 1. The maximum Gasteiger partial charge on any atom is 0.318 e. The van der Waals surface area contributed by atoms with E-state index in [2.05, 4.69) is 0 Å². The van der Waals surface area contributed by atoms with Crippen LogP contribution in [0.3, 0.4) is 0 Å². The van der Waals surface area contributed by atoms with Gasteiger partial charge in [0.2, 0.25) is 10.0 Å². The molecule has 16 heavy (non-hydrogen) atoms. The van der Waals surface area contributed by atoms with Crippen molar-refractivity contribution in [2.75, 3.05) is 13.1 Å². The number of aliphatic carboxylic acids is 1. The molecule has 1 N–H and O–H groups in total. The average molecular weight is 248 g/mol. The summed E-state index contributed by atoms with van der Waals surface area (Å²) in [6, 6.07) is 1.61. The molecule has 92 valence electrons. The summed E-state index contributed by atoms with van der Waals surface area (Å²) < 4.78 is 24.4. The molecule has 0 fully saturated rings. The number of hydrogen-bond acceptors (Lipinski definition) is 4. The lowest BCUT2D eigenvalue weighted by molar-refractivity contribution is -0.137. The standard InChI is InChI=1S/C9H16N2O4S/c1-7(2)5-11(6-9(12)13)16(14,15)8(3)4-10/h7-8H,5-6H2,1-3H3,(H,12,13). The molecule has 0 aliphatic rings. The Bertz CT molecular complexity index is 383. The summed E-state index contributed by atoms with van der Waals surface area (Å²) in [5.74, 6) is -1.23. The van der Waals surface area contributed by atoms with E-state index < -0.39 is 27.8 Å². The van der Waals surface area contributed by atoms with Crippen molar-refractivity contribution < 1.29 is 18.3 Å². The van der Waals surface area contributed by atoms with E-state index in [9.17, 15) is 13.2 Å². The zero-order valence-corrected chi connectivity index (χ0v) is 10.4. The minimum atomic E-state index is -3.85. The number of sulfonamides is 1. The van der Waals surface area contributed by atoms with Crippen molar-refractivity contribution in [2.24, 2.45) is 5.92 Å². The summed E-state index contributed by atoms with van der Waals surface area (Å²) in [6.45, 7) is 4.29. The lowest BCUT2D eigenvalue weighted by Crippen LogP contribution is -2.42. The topological polar surface area (TPSA) is 98.5 Å². The second-order valence-electron chi connectivity index (χ2n) is 3.90. The molecule has 0 saturated carbocycles. The molecule has 0 rings (SSSR count). The molecule has 0 saturated heterocycles. The third kappa shape index (κ3) is 4.16. The van der Waals surface area contributed by atoms with Gasteiger partial charge in [0.1, 0.15) is 6.54 Å². The van der Waals surface area contributed by atoms with E-state index in [0.29, 0.717) is 0 Å². The third-order valence-electron chi connectivity index (χ3n) is 1.87. The number of nitrogens with zero attached hydrogens (tertiary/aromatic N) is 2. The van der Waals surface area contributed by atoms with Gasteiger partial charge in [-0.1, -0.05) is 13.8 Å². The predicted octanol–water partition coefficient (Wildman–Crippen LogP) is 0.271. The van der Waals surface area contributed by atoms with E-state index >= 15 is 0 Å². The summed E-state index contributed by atoms with van der Waals surface area (Å²) in [6.07, 6.45) is 0. The highest BCUT2D eigenvalue weighted by molar-refractivity contribution is 7.90. The highest BCUT2D eigenvalue weighted by atomic mass is 32.2. The minimum Gasteiger partial charge on any atom is -0.480 e. The fourth-order valence-corrected chi connectivity index (χ4v) is 2.48. The van der Waals surface area contributed by atoms with Crippen molar-refractivity contribution in [1.82, 2.24) is 4.31 Å². The van der Waals surface area contributed by atoms with Gasteiger partial charge in [-0.2, -0.15) is 9.57 Å². The van der Waals surface area contributed by atoms with Gasteiger partial charge in [0.25, 0.3) is 0 Å². The maximum atomic E-state index is 11.8. The molecule has 6 nitrogen and oxygen atoms in total. The molecule has 0 bridgehead atoms. The molecule has 0 heterocycles. The highest BCUT2D eigenvalue weighted by Gasteiger charge is 2.30. The van der Waals surface area contributed by atoms with Crippen LogP contribution in [0.5, 0.6) is 0 Å². The monoisotopic (exact) mass is 248 g/mol. The van der Waals surface area contributed by atoms with Crippen LogP contribution in [0.2, 0.25) is 0 Å². The number of carboxylic acids is 1. The predicted molar refractivity (Wildman–Crippen MR) is 58.0 cm³/mol. The quantitative estimate of drug-likeness (QED) is 0.727. The smallest absolute Gasteiger partial charge is 0.318 e. The summed E-state index contributed by atoms with van der Waals surface area (Å²) in [4.78, 5) is 10.6.